The molecule has 1 rings (SSSR count). The van der Waals surface area contributed by atoms with Gasteiger partial charge >= 0.3 is 5.97 Å². The van der Waals surface area contributed by atoms with Crippen molar-refractivity contribution in [3.63, 3.8) is 0 Å². The van der Waals surface area contributed by atoms with Gasteiger partial charge in [-0.3, -0.25) is 9.59 Å². The first-order valence-corrected chi connectivity index (χ1v) is 4.80. The van der Waals surface area contributed by atoms with Crippen LogP contribution in [0.5, 0.6) is 0 Å². The Bertz CT molecular complexity index is 269. The van der Waals surface area contributed by atoms with Crippen LogP contribution in [0.15, 0.2) is 0 Å². The Balaban J connectivity index is 2.42. The maximum Gasteiger partial charge on any atom is 0.305 e. The van der Waals surface area contributed by atoms with Crippen molar-refractivity contribution >= 4 is 11.9 Å². The molecule has 0 aromatic carbocycles. The quantitative estimate of drug-likeness (QED) is 0.556. The summed E-state index contributed by atoms with van der Waals surface area (Å²) in [5.74, 6) is -1.18. The van der Waals surface area contributed by atoms with Crippen molar-refractivity contribution < 1.29 is 19.4 Å². The Morgan fingerprint density at radius 1 is 1.67 bits per heavy atom. The number of amides is 1. The first-order valence-electron chi connectivity index (χ1n) is 4.80. The van der Waals surface area contributed by atoms with Crippen LogP contribution in [0.25, 0.3) is 0 Å². The highest BCUT2D eigenvalue weighted by Crippen LogP contribution is 2.26. The van der Waals surface area contributed by atoms with Gasteiger partial charge in [-0.2, -0.15) is 0 Å². The third-order valence-electron chi connectivity index (χ3n) is 2.66. The Kier molecular flexibility index (Phi) is 3.65. The van der Waals surface area contributed by atoms with Crippen molar-refractivity contribution in [2.24, 2.45) is 11.1 Å². The molecule has 0 radical (unpaired) electrons. The minimum absolute atomic E-state index is 0.0854. The molecule has 0 spiro atoms. The first-order chi connectivity index (χ1) is 6.97. The molecule has 1 heterocycles. The number of hydrogen-bond acceptors (Lipinski definition) is 4. The van der Waals surface area contributed by atoms with E-state index in [1.54, 1.807) is 6.92 Å². The second-order valence-electron chi connectivity index (χ2n) is 3.94. The average molecular weight is 216 g/mol. The SMILES string of the molecule is CC1(C(=O)NCCC(=O)O)COCC1N. The summed E-state index contributed by atoms with van der Waals surface area (Å²) in [4.78, 5) is 21.9. The van der Waals surface area contributed by atoms with Gasteiger partial charge in [0.05, 0.1) is 25.0 Å². The molecule has 1 fully saturated rings. The van der Waals surface area contributed by atoms with Gasteiger partial charge in [0.2, 0.25) is 5.91 Å². The molecule has 1 saturated heterocycles. The fraction of sp³-hybridized carbons (Fsp3) is 0.778. The Labute approximate surface area is 87.8 Å². The summed E-state index contributed by atoms with van der Waals surface area (Å²) in [7, 11) is 0. The van der Waals surface area contributed by atoms with Gasteiger partial charge in [-0.25, -0.2) is 0 Å². The van der Waals surface area contributed by atoms with Gasteiger partial charge in [0, 0.05) is 12.6 Å². The van der Waals surface area contributed by atoms with Crippen LogP contribution in [-0.2, 0) is 14.3 Å². The molecule has 6 nitrogen and oxygen atoms in total. The van der Waals surface area contributed by atoms with Gasteiger partial charge in [-0.1, -0.05) is 0 Å². The second-order valence-corrected chi connectivity index (χ2v) is 3.94. The molecular weight excluding hydrogens is 200 g/mol. The predicted molar refractivity (Wildman–Crippen MR) is 52.2 cm³/mol. The number of carbonyl (C=O) groups excluding carboxylic acids is 1. The van der Waals surface area contributed by atoms with E-state index in [1.165, 1.54) is 0 Å². The van der Waals surface area contributed by atoms with E-state index in [4.69, 9.17) is 15.6 Å². The molecule has 1 amide bonds. The lowest BCUT2D eigenvalue weighted by Crippen LogP contribution is -2.50. The molecule has 0 aromatic heterocycles. The summed E-state index contributed by atoms with van der Waals surface area (Å²) >= 11 is 0. The average Bonchev–Trinajstić information content (AvgIpc) is 2.47. The van der Waals surface area contributed by atoms with E-state index in [1.807, 2.05) is 0 Å². The predicted octanol–water partition coefficient (Wildman–Crippen LogP) is -1.06. The van der Waals surface area contributed by atoms with Crippen LogP contribution in [0, 0.1) is 5.41 Å². The molecule has 1 aliphatic heterocycles. The van der Waals surface area contributed by atoms with Crippen LogP contribution >= 0.6 is 0 Å². The van der Waals surface area contributed by atoms with E-state index < -0.39 is 11.4 Å². The molecule has 6 heteroatoms. The van der Waals surface area contributed by atoms with Crippen LogP contribution in [0.2, 0.25) is 0 Å². The van der Waals surface area contributed by atoms with E-state index >= 15 is 0 Å². The Morgan fingerprint density at radius 3 is 2.80 bits per heavy atom. The van der Waals surface area contributed by atoms with Gasteiger partial charge < -0.3 is 20.9 Å². The lowest BCUT2D eigenvalue weighted by molar-refractivity contribution is -0.137. The fourth-order valence-electron chi connectivity index (χ4n) is 1.41. The topological polar surface area (TPSA) is 102 Å². The third-order valence-corrected chi connectivity index (χ3v) is 2.66. The van der Waals surface area contributed by atoms with E-state index in [-0.39, 0.29) is 31.5 Å². The van der Waals surface area contributed by atoms with Crippen LogP contribution < -0.4 is 11.1 Å². The van der Waals surface area contributed by atoms with Gasteiger partial charge in [0.15, 0.2) is 0 Å². The summed E-state index contributed by atoms with van der Waals surface area (Å²) < 4.78 is 5.12. The van der Waals surface area contributed by atoms with Crippen molar-refractivity contribution in [1.29, 1.82) is 0 Å². The molecule has 2 unspecified atom stereocenters. The van der Waals surface area contributed by atoms with Gasteiger partial charge in [0.25, 0.3) is 0 Å². The summed E-state index contributed by atoms with van der Waals surface area (Å²) in [5.41, 5.74) is 5.01. The zero-order chi connectivity index (χ0) is 11.5. The maximum atomic E-state index is 11.7. The van der Waals surface area contributed by atoms with Gasteiger partial charge in [-0.05, 0) is 6.92 Å². The highest BCUT2D eigenvalue weighted by atomic mass is 16.5. The molecule has 0 bridgehead atoms. The summed E-state index contributed by atoms with van der Waals surface area (Å²) in [5, 5.41) is 11.0. The van der Waals surface area contributed by atoms with Gasteiger partial charge in [-0.15, -0.1) is 0 Å². The molecule has 0 aromatic rings. The number of hydrogen-bond donors (Lipinski definition) is 3. The number of ether oxygens (including phenoxy) is 1. The van der Waals surface area contributed by atoms with E-state index in [9.17, 15) is 9.59 Å². The highest BCUT2D eigenvalue weighted by Gasteiger charge is 2.44. The van der Waals surface area contributed by atoms with Crippen molar-refractivity contribution in [3.05, 3.63) is 0 Å². The number of carboxylic acid groups (broad SMARTS) is 1. The van der Waals surface area contributed by atoms with Crippen LogP contribution in [0.4, 0.5) is 0 Å². The normalized spacial score (nSPS) is 30.1. The van der Waals surface area contributed by atoms with Crippen molar-refractivity contribution in [3.8, 4) is 0 Å². The lowest BCUT2D eigenvalue weighted by atomic mass is 9.85. The number of nitrogens with one attached hydrogen (secondary N) is 1. The lowest BCUT2D eigenvalue weighted by Gasteiger charge is -2.25. The molecule has 86 valence electrons. The van der Waals surface area contributed by atoms with E-state index in [0.717, 1.165) is 0 Å². The smallest absolute Gasteiger partial charge is 0.305 e. The number of nitrogens with two attached hydrogens (primary N) is 1. The van der Waals surface area contributed by atoms with Crippen LogP contribution in [-0.4, -0.2) is 42.8 Å². The monoisotopic (exact) mass is 216 g/mol. The number of carboxylic acids is 1. The van der Waals surface area contributed by atoms with Crippen molar-refractivity contribution in [2.75, 3.05) is 19.8 Å². The standard InChI is InChI=1S/C9H16N2O4/c1-9(5-15-4-6(9)10)8(14)11-3-2-7(12)13/h6H,2-5,10H2,1H3,(H,11,14)(H,12,13). The minimum Gasteiger partial charge on any atom is -0.481 e. The van der Waals surface area contributed by atoms with Crippen molar-refractivity contribution in [2.45, 2.75) is 19.4 Å². The zero-order valence-corrected chi connectivity index (χ0v) is 8.66. The maximum absolute atomic E-state index is 11.7. The first kappa shape index (κ1) is 11.9. The zero-order valence-electron chi connectivity index (χ0n) is 8.66. The fourth-order valence-corrected chi connectivity index (χ4v) is 1.41. The summed E-state index contributed by atoms with van der Waals surface area (Å²) in [6.07, 6.45) is -0.0854. The minimum atomic E-state index is -0.938. The molecule has 1 aliphatic rings. The molecule has 2 atom stereocenters. The van der Waals surface area contributed by atoms with E-state index in [2.05, 4.69) is 5.32 Å². The van der Waals surface area contributed by atoms with Crippen LogP contribution in [0.3, 0.4) is 0 Å². The van der Waals surface area contributed by atoms with Crippen molar-refractivity contribution in [1.82, 2.24) is 5.32 Å². The second kappa shape index (κ2) is 4.59. The highest BCUT2D eigenvalue weighted by molar-refractivity contribution is 5.84. The van der Waals surface area contributed by atoms with Crippen LogP contribution in [0.1, 0.15) is 13.3 Å². The molecule has 0 aliphatic carbocycles. The Hall–Kier alpha value is -1.14. The Morgan fingerprint density at radius 2 is 2.33 bits per heavy atom. The summed E-state index contributed by atoms with van der Waals surface area (Å²) in [6, 6.07) is -0.331. The van der Waals surface area contributed by atoms with Gasteiger partial charge in [0.1, 0.15) is 0 Å². The molecular formula is C9H16N2O4. The molecule has 4 N–H and O–H groups in total. The number of aliphatic carboxylic acids is 1. The molecule has 15 heavy (non-hydrogen) atoms. The number of rotatable bonds is 4. The van der Waals surface area contributed by atoms with E-state index in [0.29, 0.717) is 6.61 Å². The third kappa shape index (κ3) is 2.66. The largest absolute Gasteiger partial charge is 0.481 e. The number of carbonyl (C=O) groups is 2. The molecule has 0 saturated carbocycles. The summed E-state index contributed by atoms with van der Waals surface area (Å²) in [6.45, 7) is 2.49.